The summed E-state index contributed by atoms with van der Waals surface area (Å²) in [6, 6.07) is 0. The van der Waals surface area contributed by atoms with Crippen molar-refractivity contribution in [2.45, 2.75) is 137 Å². The monoisotopic (exact) mass is 370 g/mol. The van der Waals surface area contributed by atoms with Crippen LogP contribution in [0.15, 0.2) is 0 Å². The van der Waals surface area contributed by atoms with Gasteiger partial charge >= 0.3 is 0 Å². The molecule has 0 spiro atoms. The standard InChI is InChI=1S/C24H50O2/c1-5-7-9-11-13-15-17-21-25-24(20-19-23(3)4)26-22-18-16-14-12-10-8-6-2/h23-24H,5-22H2,1-4H3. The fourth-order valence-corrected chi connectivity index (χ4v) is 3.23. The summed E-state index contributed by atoms with van der Waals surface area (Å²) in [6.45, 7) is 10.9. The summed E-state index contributed by atoms with van der Waals surface area (Å²) in [4.78, 5) is 0. The topological polar surface area (TPSA) is 18.5 Å². The maximum atomic E-state index is 6.06. The van der Waals surface area contributed by atoms with Gasteiger partial charge in [0.25, 0.3) is 0 Å². The zero-order valence-electron chi connectivity index (χ0n) is 18.7. The largest absolute Gasteiger partial charge is 0.353 e. The van der Waals surface area contributed by atoms with Crippen LogP contribution in [0.3, 0.4) is 0 Å². The van der Waals surface area contributed by atoms with Crippen LogP contribution in [-0.4, -0.2) is 19.5 Å². The molecule has 0 aliphatic heterocycles. The van der Waals surface area contributed by atoms with E-state index in [0.717, 1.165) is 25.6 Å². The van der Waals surface area contributed by atoms with Gasteiger partial charge in [-0.25, -0.2) is 0 Å². The fourth-order valence-electron chi connectivity index (χ4n) is 3.23. The van der Waals surface area contributed by atoms with Gasteiger partial charge in [-0.15, -0.1) is 0 Å². The summed E-state index contributed by atoms with van der Waals surface area (Å²) in [5.41, 5.74) is 0. The van der Waals surface area contributed by atoms with Crippen LogP contribution in [0.1, 0.15) is 130 Å². The lowest BCUT2D eigenvalue weighted by atomic mass is 10.1. The first-order valence-corrected chi connectivity index (χ1v) is 11.9. The third-order valence-corrected chi connectivity index (χ3v) is 5.08. The highest BCUT2D eigenvalue weighted by Gasteiger charge is 2.10. The summed E-state index contributed by atoms with van der Waals surface area (Å²) in [7, 11) is 0. The molecule has 0 atom stereocenters. The molecule has 0 N–H and O–H groups in total. The first-order valence-electron chi connectivity index (χ1n) is 11.9. The van der Waals surface area contributed by atoms with Crippen molar-refractivity contribution in [2.24, 2.45) is 5.92 Å². The van der Waals surface area contributed by atoms with E-state index in [9.17, 15) is 0 Å². The van der Waals surface area contributed by atoms with Crippen molar-refractivity contribution >= 4 is 0 Å². The number of rotatable bonds is 21. The van der Waals surface area contributed by atoms with E-state index in [0.29, 0.717) is 0 Å². The maximum absolute atomic E-state index is 6.06. The predicted molar refractivity (Wildman–Crippen MR) is 116 cm³/mol. The van der Waals surface area contributed by atoms with E-state index in [2.05, 4.69) is 27.7 Å². The molecule has 2 nitrogen and oxygen atoms in total. The third kappa shape index (κ3) is 20.2. The van der Waals surface area contributed by atoms with Gasteiger partial charge < -0.3 is 9.47 Å². The molecule has 0 saturated heterocycles. The Kier molecular flexibility index (Phi) is 21.2. The zero-order valence-corrected chi connectivity index (χ0v) is 18.7. The van der Waals surface area contributed by atoms with Crippen LogP contribution in [0, 0.1) is 5.92 Å². The van der Waals surface area contributed by atoms with Gasteiger partial charge in [0.05, 0.1) is 0 Å². The molecular formula is C24H50O2. The normalized spacial score (nSPS) is 11.8. The Hall–Kier alpha value is -0.0800. The molecule has 0 rings (SSSR count). The molecule has 0 unspecified atom stereocenters. The Morgan fingerprint density at radius 1 is 0.500 bits per heavy atom. The smallest absolute Gasteiger partial charge is 0.157 e. The first-order chi connectivity index (χ1) is 12.7. The Labute approximate surface area is 165 Å². The van der Waals surface area contributed by atoms with E-state index >= 15 is 0 Å². The lowest BCUT2D eigenvalue weighted by Crippen LogP contribution is -2.19. The minimum Gasteiger partial charge on any atom is -0.353 e. The minimum atomic E-state index is 0.0255. The van der Waals surface area contributed by atoms with Crippen LogP contribution >= 0.6 is 0 Å². The molecule has 0 saturated carbocycles. The number of hydrogen-bond acceptors (Lipinski definition) is 2. The lowest BCUT2D eigenvalue weighted by Gasteiger charge is -2.19. The first kappa shape index (κ1) is 25.9. The molecular weight excluding hydrogens is 320 g/mol. The summed E-state index contributed by atoms with van der Waals surface area (Å²) in [5, 5.41) is 0. The van der Waals surface area contributed by atoms with Crippen molar-refractivity contribution in [3.63, 3.8) is 0 Å². The van der Waals surface area contributed by atoms with Crippen molar-refractivity contribution in [3.05, 3.63) is 0 Å². The van der Waals surface area contributed by atoms with Crippen molar-refractivity contribution in [2.75, 3.05) is 13.2 Å². The number of unbranched alkanes of at least 4 members (excludes halogenated alkanes) is 12. The van der Waals surface area contributed by atoms with E-state index in [1.54, 1.807) is 0 Å². The molecule has 0 aromatic rings. The SMILES string of the molecule is CCCCCCCCCOC(CCC(C)C)OCCCCCCCCC. The molecule has 158 valence electrons. The molecule has 0 bridgehead atoms. The molecule has 0 aromatic heterocycles. The molecule has 0 radical (unpaired) electrons. The Bertz CT molecular complexity index is 233. The van der Waals surface area contributed by atoms with Crippen LogP contribution in [0.25, 0.3) is 0 Å². The quantitative estimate of drug-likeness (QED) is 0.149. The molecule has 0 aromatic carbocycles. The molecule has 0 heterocycles. The van der Waals surface area contributed by atoms with Crippen LogP contribution in [-0.2, 0) is 9.47 Å². The second-order valence-electron chi connectivity index (χ2n) is 8.38. The zero-order chi connectivity index (χ0) is 19.3. The minimum absolute atomic E-state index is 0.0255. The van der Waals surface area contributed by atoms with Crippen molar-refractivity contribution < 1.29 is 9.47 Å². The van der Waals surface area contributed by atoms with Crippen LogP contribution in [0.2, 0.25) is 0 Å². The van der Waals surface area contributed by atoms with Crippen molar-refractivity contribution in [1.82, 2.24) is 0 Å². The molecule has 26 heavy (non-hydrogen) atoms. The maximum Gasteiger partial charge on any atom is 0.157 e. The second-order valence-corrected chi connectivity index (χ2v) is 8.38. The third-order valence-electron chi connectivity index (χ3n) is 5.08. The van der Waals surface area contributed by atoms with Crippen LogP contribution in [0.4, 0.5) is 0 Å². The van der Waals surface area contributed by atoms with E-state index in [1.807, 2.05) is 0 Å². The number of ether oxygens (including phenoxy) is 2. The highest BCUT2D eigenvalue weighted by atomic mass is 16.7. The summed E-state index contributed by atoms with van der Waals surface area (Å²) in [5.74, 6) is 0.724. The van der Waals surface area contributed by atoms with E-state index < -0.39 is 0 Å². The molecule has 0 aliphatic rings. The van der Waals surface area contributed by atoms with Gasteiger partial charge in [0, 0.05) is 13.2 Å². The van der Waals surface area contributed by atoms with Gasteiger partial charge in [-0.05, 0) is 31.6 Å². The van der Waals surface area contributed by atoms with Gasteiger partial charge in [-0.2, -0.15) is 0 Å². The summed E-state index contributed by atoms with van der Waals surface area (Å²) < 4.78 is 12.1. The second kappa shape index (κ2) is 21.2. The Morgan fingerprint density at radius 3 is 1.27 bits per heavy atom. The Morgan fingerprint density at radius 2 is 0.885 bits per heavy atom. The summed E-state index contributed by atoms with van der Waals surface area (Å²) in [6.07, 6.45) is 21.0. The highest BCUT2D eigenvalue weighted by molar-refractivity contribution is 4.53. The average Bonchev–Trinajstić information content (AvgIpc) is 2.63. The number of hydrogen-bond donors (Lipinski definition) is 0. The van der Waals surface area contributed by atoms with Crippen molar-refractivity contribution in [3.8, 4) is 0 Å². The van der Waals surface area contributed by atoms with Gasteiger partial charge in [-0.1, -0.05) is 105 Å². The molecule has 2 heteroatoms. The van der Waals surface area contributed by atoms with E-state index in [1.165, 1.54) is 96.3 Å². The highest BCUT2D eigenvalue weighted by Crippen LogP contribution is 2.14. The van der Waals surface area contributed by atoms with E-state index in [-0.39, 0.29) is 6.29 Å². The van der Waals surface area contributed by atoms with Crippen LogP contribution in [0.5, 0.6) is 0 Å². The van der Waals surface area contributed by atoms with Gasteiger partial charge in [-0.3, -0.25) is 0 Å². The van der Waals surface area contributed by atoms with Crippen LogP contribution < -0.4 is 0 Å². The van der Waals surface area contributed by atoms with E-state index in [4.69, 9.17) is 9.47 Å². The molecule has 0 aliphatic carbocycles. The van der Waals surface area contributed by atoms with Gasteiger partial charge in [0.1, 0.15) is 0 Å². The fraction of sp³-hybridized carbons (Fsp3) is 1.00. The predicted octanol–water partition coefficient (Wildman–Crippen LogP) is 8.28. The molecule has 0 fully saturated rings. The molecule has 0 amide bonds. The average molecular weight is 371 g/mol. The van der Waals surface area contributed by atoms with Gasteiger partial charge in [0.2, 0.25) is 0 Å². The van der Waals surface area contributed by atoms with Gasteiger partial charge in [0.15, 0.2) is 6.29 Å². The Balaban J connectivity index is 3.67. The summed E-state index contributed by atoms with van der Waals surface area (Å²) >= 11 is 0. The van der Waals surface area contributed by atoms with Crippen molar-refractivity contribution in [1.29, 1.82) is 0 Å². The lowest BCUT2D eigenvalue weighted by molar-refractivity contribution is -0.148.